The molecule has 2 aliphatic rings. The van der Waals surface area contributed by atoms with Crippen molar-refractivity contribution < 1.29 is 10.0 Å². The summed E-state index contributed by atoms with van der Waals surface area (Å²) in [6.45, 7) is 10.4. The quantitative estimate of drug-likeness (QED) is 0.712. The summed E-state index contributed by atoms with van der Waals surface area (Å²) < 4.78 is 0. The highest BCUT2D eigenvalue weighted by Crippen LogP contribution is 2.42. The number of carbonyl (C=O) groups excluding carboxylic acids is 1. The van der Waals surface area contributed by atoms with Crippen LogP contribution in [0, 0.1) is 0 Å². The summed E-state index contributed by atoms with van der Waals surface area (Å²) in [5, 5.41) is 18.4. The Morgan fingerprint density at radius 2 is 1.79 bits per heavy atom. The van der Waals surface area contributed by atoms with Gasteiger partial charge in [0.2, 0.25) is 5.91 Å². The molecule has 2 fully saturated rings. The summed E-state index contributed by atoms with van der Waals surface area (Å²) in [4.78, 5) is 12.5. The Balaban J connectivity index is 2.33. The van der Waals surface area contributed by atoms with Gasteiger partial charge in [-0.2, -0.15) is 5.06 Å². The highest BCUT2D eigenvalue weighted by atomic mass is 16.5. The molecule has 1 spiro atoms. The van der Waals surface area contributed by atoms with Gasteiger partial charge in [-0.1, -0.05) is 13.3 Å². The van der Waals surface area contributed by atoms with Crippen LogP contribution < -0.4 is 10.6 Å². The van der Waals surface area contributed by atoms with Crippen molar-refractivity contribution in [1.82, 2.24) is 15.7 Å². The third kappa shape index (κ3) is 2.51. The first kappa shape index (κ1) is 14.8. The van der Waals surface area contributed by atoms with Crippen molar-refractivity contribution in [3.63, 3.8) is 0 Å². The molecule has 2 rings (SSSR count). The summed E-state index contributed by atoms with van der Waals surface area (Å²) in [6, 6.07) is 0. The predicted octanol–water partition coefficient (Wildman–Crippen LogP) is 1.61. The van der Waals surface area contributed by atoms with Gasteiger partial charge in [0.15, 0.2) is 0 Å². The summed E-state index contributed by atoms with van der Waals surface area (Å²) in [5.41, 5.74) is -1.15. The van der Waals surface area contributed by atoms with Gasteiger partial charge in [0.1, 0.15) is 11.7 Å². The SMILES string of the molecule is CCCC1NC(=O)C2(CC(C)(C)NC(C)(C)C2)N1O. The fourth-order valence-electron chi connectivity index (χ4n) is 4.07. The van der Waals surface area contributed by atoms with Crippen molar-refractivity contribution in [1.29, 1.82) is 0 Å². The maximum absolute atomic E-state index is 12.5. The number of nitrogens with zero attached hydrogens (tertiary/aromatic N) is 1. The van der Waals surface area contributed by atoms with Gasteiger partial charge in [-0.15, -0.1) is 0 Å². The average Bonchev–Trinajstić information content (AvgIpc) is 2.40. The van der Waals surface area contributed by atoms with Crippen molar-refractivity contribution in [2.75, 3.05) is 0 Å². The summed E-state index contributed by atoms with van der Waals surface area (Å²) in [5.74, 6) is -0.0314. The van der Waals surface area contributed by atoms with Crippen molar-refractivity contribution >= 4 is 5.91 Å². The number of carbonyl (C=O) groups is 1. The van der Waals surface area contributed by atoms with E-state index in [1.165, 1.54) is 5.06 Å². The van der Waals surface area contributed by atoms with Gasteiger partial charge in [-0.25, -0.2) is 0 Å². The van der Waals surface area contributed by atoms with Gasteiger partial charge >= 0.3 is 0 Å². The molecule has 0 bridgehead atoms. The number of hydrogen-bond donors (Lipinski definition) is 3. The second kappa shape index (κ2) is 4.43. The maximum Gasteiger partial charge on any atom is 0.244 e. The van der Waals surface area contributed by atoms with Crippen molar-refractivity contribution in [2.24, 2.45) is 0 Å². The van der Waals surface area contributed by atoms with E-state index < -0.39 is 5.54 Å². The number of nitrogens with one attached hydrogen (secondary N) is 2. The Kier molecular flexibility index (Phi) is 3.44. The van der Waals surface area contributed by atoms with Crippen molar-refractivity contribution in [2.45, 2.75) is 83.1 Å². The van der Waals surface area contributed by atoms with Crippen molar-refractivity contribution in [3.05, 3.63) is 0 Å². The van der Waals surface area contributed by atoms with E-state index >= 15 is 0 Å². The predicted molar refractivity (Wildman–Crippen MR) is 73.7 cm³/mol. The zero-order valence-corrected chi connectivity index (χ0v) is 12.7. The van der Waals surface area contributed by atoms with Crippen LogP contribution >= 0.6 is 0 Å². The van der Waals surface area contributed by atoms with Crippen LogP contribution in [0.25, 0.3) is 0 Å². The first-order chi connectivity index (χ1) is 8.62. The molecule has 5 nitrogen and oxygen atoms in total. The highest BCUT2D eigenvalue weighted by molar-refractivity contribution is 5.89. The lowest BCUT2D eigenvalue weighted by atomic mass is 9.70. The van der Waals surface area contributed by atoms with Gasteiger partial charge in [0, 0.05) is 11.1 Å². The van der Waals surface area contributed by atoms with E-state index in [4.69, 9.17) is 0 Å². The first-order valence-electron chi connectivity index (χ1n) is 7.20. The average molecular weight is 269 g/mol. The Bertz CT molecular complexity index is 363. The Morgan fingerprint density at radius 1 is 1.26 bits per heavy atom. The number of hydrogen-bond acceptors (Lipinski definition) is 4. The zero-order chi connectivity index (χ0) is 14.5. The summed E-state index contributed by atoms with van der Waals surface area (Å²) in [7, 11) is 0. The van der Waals surface area contributed by atoms with Crippen LogP contribution in [-0.2, 0) is 4.79 Å². The van der Waals surface area contributed by atoms with Crippen LogP contribution in [0.2, 0.25) is 0 Å². The minimum Gasteiger partial charge on any atom is -0.337 e. The second-order valence-corrected chi connectivity index (χ2v) is 7.40. The van der Waals surface area contributed by atoms with E-state index in [1.54, 1.807) is 0 Å². The molecule has 3 N–H and O–H groups in total. The minimum absolute atomic E-state index is 0.0314. The molecule has 19 heavy (non-hydrogen) atoms. The molecule has 0 aromatic rings. The molecule has 0 radical (unpaired) electrons. The van der Waals surface area contributed by atoms with Gasteiger partial charge in [-0.3, -0.25) is 4.79 Å². The first-order valence-corrected chi connectivity index (χ1v) is 7.20. The van der Waals surface area contributed by atoms with Crippen LogP contribution in [-0.4, -0.2) is 39.0 Å². The van der Waals surface area contributed by atoms with E-state index in [0.717, 1.165) is 12.8 Å². The third-order valence-corrected chi connectivity index (χ3v) is 4.16. The van der Waals surface area contributed by atoms with Gasteiger partial charge in [0.25, 0.3) is 0 Å². The highest BCUT2D eigenvalue weighted by Gasteiger charge is 2.59. The molecule has 0 aromatic heterocycles. The van der Waals surface area contributed by atoms with Crippen LogP contribution in [0.1, 0.15) is 60.3 Å². The van der Waals surface area contributed by atoms with Gasteiger partial charge in [-0.05, 0) is 47.0 Å². The number of hydroxylamine groups is 2. The molecule has 2 heterocycles. The molecule has 5 heteroatoms. The lowest BCUT2D eigenvalue weighted by molar-refractivity contribution is -0.201. The summed E-state index contributed by atoms with van der Waals surface area (Å²) in [6.07, 6.45) is 2.70. The third-order valence-electron chi connectivity index (χ3n) is 4.16. The largest absolute Gasteiger partial charge is 0.337 e. The maximum atomic E-state index is 12.5. The standard InChI is InChI=1S/C14H27N3O2/c1-6-7-10-15-11(18)14(17(10)19)8-12(2,3)16-13(4,5)9-14/h10,16,19H,6-9H2,1-5H3,(H,15,18). The van der Waals surface area contributed by atoms with E-state index in [2.05, 4.69) is 45.3 Å². The molecule has 0 aliphatic carbocycles. The minimum atomic E-state index is -0.794. The molecule has 0 saturated carbocycles. The zero-order valence-electron chi connectivity index (χ0n) is 12.7. The molecule has 1 amide bonds. The molecule has 2 saturated heterocycles. The molecule has 1 unspecified atom stereocenters. The van der Waals surface area contributed by atoms with E-state index in [9.17, 15) is 10.0 Å². The van der Waals surface area contributed by atoms with Crippen LogP contribution in [0.4, 0.5) is 0 Å². The van der Waals surface area contributed by atoms with Crippen LogP contribution in [0.3, 0.4) is 0 Å². The molecular formula is C14H27N3O2. The lowest BCUT2D eigenvalue weighted by Gasteiger charge is -2.51. The Hall–Kier alpha value is -0.650. The van der Waals surface area contributed by atoms with Crippen molar-refractivity contribution in [3.8, 4) is 0 Å². The van der Waals surface area contributed by atoms with E-state index in [-0.39, 0.29) is 23.2 Å². The Labute approximate surface area is 115 Å². The Morgan fingerprint density at radius 3 is 2.26 bits per heavy atom. The number of piperidine rings is 1. The van der Waals surface area contributed by atoms with Gasteiger partial charge < -0.3 is 15.8 Å². The molecule has 110 valence electrons. The number of rotatable bonds is 2. The number of amides is 1. The van der Waals surface area contributed by atoms with E-state index in [1.807, 2.05) is 0 Å². The lowest BCUT2D eigenvalue weighted by Crippen LogP contribution is -2.68. The normalized spacial score (nSPS) is 32.5. The fourth-order valence-corrected chi connectivity index (χ4v) is 4.07. The molecule has 0 aromatic carbocycles. The van der Waals surface area contributed by atoms with Gasteiger partial charge in [0.05, 0.1) is 0 Å². The molecular weight excluding hydrogens is 242 g/mol. The smallest absolute Gasteiger partial charge is 0.244 e. The fraction of sp³-hybridized carbons (Fsp3) is 0.929. The summed E-state index contributed by atoms with van der Waals surface area (Å²) >= 11 is 0. The second-order valence-electron chi connectivity index (χ2n) is 7.40. The van der Waals surface area contributed by atoms with Crippen LogP contribution in [0.15, 0.2) is 0 Å². The van der Waals surface area contributed by atoms with Crippen LogP contribution in [0.5, 0.6) is 0 Å². The topological polar surface area (TPSA) is 64.6 Å². The molecule has 2 aliphatic heterocycles. The molecule has 1 atom stereocenters. The van der Waals surface area contributed by atoms with E-state index in [0.29, 0.717) is 12.8 Å². The monoisotopic (exact) mass is 269 g/mol.